The molecule has 588 valence electrons. The van der Waals surface area contributed by atoms with Crippen molar-refractivity contribution >= 4 is 160 Å². The monoisotopic (exact) mass is 1600 g/mol. The number of esters is 6. The van der Waals surface area contributed by atoms with Crippen molar-refractivity contribution < 1.29 is 85.6 Å². The van der Waals surface area contributed by atoms with E-state index in [0.717, 1.165) is 33.4 Å². The summed E-state index contributed by atoms with van der Waals surface area (Å²) < 4.78 is 81.3. The number of hydrogen-bond acceptors (Lipinski definition) is 24. The Labute approximate surface area is 659 Å². The molecule has 1 heterocycles. The van der Waals surface area contributed by atoms with Crippen molar-refractivity contribution in [3.63, 3.8) is 0 Å². The zero-order valence-corrected chi connectivity index (χ0v) is 72.1. The molecule has 18 nitrogen and oxygen atoms in total. The molecule has 6 aromatic carbocycles. The van der Waals surface area contributed by atoms with Gasteiger partial charge in [-0.05, 0) is 180 Å². The fourth-order valence-electron chi connectivity index (χ4n) is 10.5. The van der Waals surface area contributed by atoms with Gasteiger partial charge in [0, 0.05) is 0 Å². The minimum atomic E-state index is -0.614. The molecule has 0 radical (unpaired) electrons. The van der Waals surface area contributed by atoms with Crippen molar-refractivity contribution in [3.05, 3.63) is 106 Å². The van der Waals surface area contributed by atoms with E-state index in [2.05, 4.69) is 125 Å². The molecular weight excluding hydrogens is 1490 g/mol. The summed E-state index contributed by atoms with van der Waals surface area (Å²) in [6.45, 7) is 45.8. The summed E-state index contributed by atoms with van der Waals surface area (Å²) in [6.07, 6.45) is 0. The van der Waals surface area contributed by atoms with Gasteiger partial charge < -0.3 is 56.8 Å². The van der Waals surface area contributed by atoms with Crippen molar-refractivity contribution in [1.29, 1.82) is 0 Å². The summed E-state index contributed by atoms with van der Waals surface area (Å²) in [7, 11) is 0. The Hall–Kier alpha value is -7.74. The molecule has 108 heavy (non-hydrogen) atoms. The highest BCUT2D eigenvalue weighted by Crippen LogP contribution is 2.50. The molecule has 7 rings (SSSR count). The Morgan fingerprint density at radius 1 is 0.213 bits per heavy atom. The van der Waals surface area contributed by atoms with Crippen LogP contribution in [-0.4, -0.2) is 115 Å². The van der Waals surface area contributed by atoms with E-state index < -0.39 is 108 Å². The zero-order chi connectivity index (χ0) is 80.0. The third-order valence-electron chi connectivity index (χ3n) is 16.5. The molecule has 7 aromatic rings. The Morgan fingerprint density at radius 3 is 0.398 bits per heavy atom. The number of fused-ring (bicyclic) bond motifs is 12. The second-order valence-electron chi connectivity index (χ2n) is 31.5. The lowest BCUT2D eigenvalue weighted by atomic mass is 9.87. The fourth-order valence-corrected chi connectivity index (χ4v) is 17.7. The molecule has 1 aromatic heterocycles. The van der Waals surface area contributed by atoms with Gasteiger partial charge in [0.1, 0.15) is 0 Å². The van der Waals surface area contributed by atoms with Crippen LogP contribution in [-0.2, 0) is 89.7 Å². The van der Waals surface area contributed by atoms with Gasteiger partial charge in [-0.1, -0.05) is 125 Å². The quantitative estimate of drug-likeness (QED) is 0.0406. The zero-order valence-electron chi connectivity index (χ0n) is 67.2. The molecule has 0 fully saturated rings. The molecule has 0 amide bonds. The number of rotatable bonds is 24. The van der Waals surface area contributed by atoms with Crippen LogP contribution in [0.3, 0.4) is 0 Å². The number of hydrogen-bond donors (Lipinski definition) is 0. The van der Waals surface area contributed by atoms with Gasteiger partial charge >= 0.3 is 35.8 Å². The Bertz CT molecular complexity index is 3830. The number of carbonyl (C=O) groups is 6. The maximum absolute atomic E-state index is 13.8. The largest absolute Gasteiger partial charge is 0.479 e. The molecule has 0 unspecified atom stereocenters. The van der Waals surface area contributed by atoms with Gasteiger partial charge in [-0.3, -0.25) is 0 Å². The molecule has 0 spiro atoms. The van der Waals surface area contributed by atoms with Crippen LogP contribution in [0.1, 0.15) is 200 Å². The molecule has 0 aliphatic heterocycles. The van der Waals surface area contributed by atoms with Crippen LogP contribution in [0.15, 0.2) is 72.8 Å². The van der Waals surface area contributed by atoms with Gasteiger partial charge in [-0.2, -0.15) is 0 Å². The van der Waals surface area contributed by atoms with E-state index in [9.17, 15) is 28.8 Å². The van der Waals surface area contributed by atoms with E-state index in [1.165, 1.54) is 68.0 Å². The minimum absolute atomic E-state index is 0.0943. The van der Waals surface area contributed by atoms with Crippen LogP contribution in [0.2, 0.25) is 0 Å². The molecular formula is C84H108O18S6. The van der Waals surface area contributed by atoms with Crippen molar-refractivity contribution in [2.75, 3.05) is 79.3 Å². The summed E-state index contributed by atoms with van der Waals surface area (Å²) in [6, 6.07) is 24.4. The molecule has 0 aliphatic carbocycles. The van der Waals surface area contributed by atoms with E-state index in [1.54, 1.807) is 41.5 Å². The molecule has 0 N–H and O–H groups in total. The number of benzene rings is 6. The lowest BCUT2D eigenvalue weighted by molar-refractivity contribution is -0.146. The average Bonchev–Trinajstić information content (AvgIpc) is 0.767. The lowest BCUT2D eigenvalue weighted by Crippen LogP contribution is -2.16. The maximum Gasteiger partial charge on any atom is 0.344 e. The van der Waals surface area contributed by atoms with Crippen molar-refractivity contribution in [1.82, 2.24) is 0 Å². The fraction of sp³-hybridized carbons (Fsp3) is 0.500. The van der Waals surface area contributed by atoms with Crippen molar-refractivity contribution in [3.8, 4) is 34.5 Å². The topological polar surface area (TPSA) is 213 Å². The van der Waals surface area contributed by atoms with E-state index in [0.29, 0.717) is 90.9 Å². The van der Waals surface area contributed by atoms with Crippen LogP contribution < -0.4 is 28.4 Å². The van der Waals surface area contributed by atoms with Gasteiger partial charge in [-0.15, -0.1) is 68.0 Å². The van der Waals surface area contributed by atoms with Crippen LogP contribution in [0, 0.1) is 0 Å². The van der Waals surface area contributed by atoms with Gasteiger partial charge in [0.25, 0.3) is 0 Å². The first kappa shape index (κ1) is 87.5. The van der Waals surface area contributed by atoms with E-state index in [4.69, 9.17) is 56.8 Å². The van der Waals surface area contributed by atoms with Crippen LogP contribution in [0.5, 0.6) is 34.5 Å². The molecule has 0 saturated carbocycles. The normalized spacial score (nSPS) is 12.0. The molecule has 0 aliphatic rings. The van der Waals surface area contributed by atoms with E-state index in [1.807, 2.05) is 72.8 Å². The first-order valence-electron chi connectivity index (χ1n) is 36.4. The SMILES string of the molecule is CCOC(=O)COc1c2cc(C(C)(C)C)cc1sc1cc(C(C)(C)C)cc(sc3cc(C(C)(C)C)cc(sc4cc(C(C)(C)C)cc(sc5cc(C(C)(C)C)cc(sc6cc(C(C)(C)C)cc(s2)c6OCC(=O)OCC)c5OCC(=O)OCC)c4OCC(=O)OCC)c3OCC(=O)OCC)c1OCC(=O)OCC. The molecule has 24 heteroatoms. The third-order valence-corrected chi connectivity index (χ3v) is 22.8. The molecule has 12 bridgehead atoms. The predicted molar refractivity (Wildman–Crippen MR) is 443 cm³/mol. The van der Waals surface area contributed by atoms with E-state index >= 15 is 0 Å². The predicted octanol–water partition coefficient (Wildman–Crippen LogP) is 21.5. The molecule has 0 saturated heterocycles. The summed E-state index contributed by atoms with van der Waals surface area (Å²) >= 11 is 7.91. The Morgan fingerprint density at radius 2 is 0.315 bits per heavy atom. The summed E-state index contributed by atoms with van der Waals surface area (Å²) in [4.78, 5) is 82.9. The lowest BCUT2D eigenvalue weighted by Gasteiger charge is -2.23. The van der Waals surface area contributed by atoms with Gasteiger partial charge in [0.15, 0.2) is 74.1 Å². The minimum Gasteiger partial charge on any atom is -0.479 e. The molecule has 0 atom stereocenters. The summed E-state index contributed by atoms with van der Waals surface area (Å²) in [5, 5.41) is 0. The summed E-state index contributed by atoms with van der Waals surface area (Å²) in [5.41, 5.74) is 2.02. The van der Waals surface area contributed by atoms with Gasteiger partial charge in [-0.25, -0.2) is 28.8 Å². The van der Waals surface area contributed by atoms with Gasteiger partial charge in [0.2, 0.25) is 0 Å². The van der Waals surface area contributed by atoms with E-state index in [-0.39, 0.29) is 39.6 Å². The van der Waals surface area contributed by atoms with Crippen LogP contribution in [0.4, 0.5) is 0 Å². The van der Waals surface area contributed by atoms with Crippen molar-refractivity contribution in [2.45, 2.75) is 199 Å². The standard InChI is InChI=1S/C84H108O18S6/c1-25-91-67(85)43-97-73-55-31-49(79(7,8)9)32-56(73)104-58-34-51(81(13,14)15)36-60(75(58)99-45-69(87)93-27-3)106-62-38-53(83(19,20)21)40-64(77(62)101-47-71(89)95-29-5)108-66-42-54(84(22,23)24)41-65(78(66)102-48-72(90)96-30-6)107-63-39-52(82(16,17)18)37-61(76(63)100-46-70(88)94-28-4)105-59-35-50(80(10,11)12)33-57(103-55)74(59)98-44-68(86)92-26-2/h31-42H,25-30,43-48H2,1-24H3. The van der Waals surface area contributed by atoms with Crippen LogP contribution in [0.25, 0.3) is 56.4 Å². The Kier molecular flexibility index (Phi) is 30.2. The maximum atomic E-state index is 13.8. The second-order valence-corrected chi connectivity index (χ2v) is 38.0. The van der Waals surface area contributed by atoms with Crippen molar-refractivity contribution in [2.24, 2.45) is 0 Å². The smallest absolute Gasteiger partial charge is 0.344 e. The number of carbonyl (C=O) groups excluding carboxylic acids is 6. The Balaban J connectivity index is 2.07. The van der Waals surface area contributed by atoms with Gasteiger partial charge in [0.05, 0.1) is 96.0 Å². The highest BCUT2D eigenvalue weighted by Gasteiger charge is 2.28. The summed E-state index contributed by atoms with van der Waals surface area (Å²) in [5.74, 6) is -1.90. The highest BCUT2D eigenvalue weighted by molar-refractivity contribution is 7.29. The first-order valence-corrected chi connectivity index (χ1v) is 41.3. The first-order chi connectivity index (χ1) is 50.5. The second kappa shape index (κ2) is 37.3. The third kappa shape index (κ3) is 24.1. The number of ether oxygens (including phenoxy) is 12. The van der Waals surface area contributed by atoms with Crippen LogP contribution >= 0.6 is 68.0 Å². The average molecular weight is 1600 g/mol. The highest BCUT2D eigenvalue weighted by atomic mass is 32.1.